The maximum Gasteiger partial charge on any atom is 0.242 e. The first kappa shape index (κ1) is 21.7. The second kappa shape index (κ2) is 9.24. The van der Waals surface area contributed by atoms with E-state index in [0.29, 0.717) is 5.69 Å². The molecule has 0 fully saturated rings. The number of benzene rings is 3. The molecule has 0 saturated heterocycles. The summed E-state index contributed by atoms with van der Waals surface area (Å²) in [6.07, 6.45) is 0. The lowest BCUT2D eigenvalue weighted by Crippen LogP contribution is -2.47. The predicted molar refractivity (Wildman–Crippen MR) is 121 cm³/mol. The van der Waals surface area contributed by atoms with Gasteiger partial charge in [-0.05, 0) is 48.2 Å². The van der Waals surface area contributed by atoms with Crippen molar-refractivity contribution in [3.63, 3.8) is 0 Å². The Morgan fingerprint density at radius 2 is 1.37 bits per heavy atom. The summed E-state index contributed by atoms with van der Waals surface area (Å²) in [6.45, 7) is 5.50. The molecule has 3 aromatic rings. The number of hydrogen-bond donors (Lipinski definition) is 2. The largest absolute Gasteiger partial charge is 0.325 e. The summed E-state index contributed by atoms with van der Waals surface area (Å²) in [5.41, 5.74) is 3.70. The quantitative estimate of drug-likeness (QED) is 0.584. The molecule has 2 N–H and O–H groups in total. The molecular formula is C24H26N2O3S. The predicted octanol–water partition coefficient (Wildman–Crippen LogP) is 4.60. The molecule has 0 unspecified atom stereocenters. The average Bonchev–Trinajstić information content (AvgIpc) is 2.73. The van der Waals surface area contributed by atoms with Crippen molar-refractivity contribution in [3.8, 4) is 11.1 Å². The maximum atomic E-state index is 12.8. The second-order valence-electron chi connectivity index (χ2n) is 7.59. The van der Waals surface area contributed by atoms with E-state index in [-0.39, 0.29) is 10.8 Å². The molecule has 6 heteroatoms. The lowest BCUT2D eigenvalue weighted by Gasteiger charge is -2.22. The highest BCUT2D eigenvalue weighted by Crippen LogP contribution is 2.21. The summed E-state index contributed by atoms with van der Waals surface area (Å²) in [7, 11) is -3.81. The van der Waals surface area contributed by atoms with Crippen LogP contribution in [0.1, 0.15) is 19.4 Å². The molecule has 0 spiro atoms. The van der Waals surface area contributed by atoms with Gasteiger partial charge in [-0.15, -0.1) is 0 Å². The molecule has 0 aromatic heterocycles. The van der Waals surface area contributed by atoms with Crippen LogP contribution >= 0.6 is 0 Å². The van der Waals surface area contributed by atoms with Crippen LogP contribution in [0.3, 0.4) is 0 Å². The van der Waals surface area contributed by atoms with Crippen LogP contribution in [-0.4, -0.2) is 20.4 Å². The zero-order valence-corrected chi connectivity index (χ0v) is 18.1. The van der Waals surface area contributed by atoms with Crippen LogP contribution in [0.25, 0.3) is 11.1 Å². The highest BCUT2D eigenvalue weighted by atomic mass is 32.2. The number of carbonyl (C=O) groups excluding carboxylic acids is 1. The van der Waals surface area contributed by atoms with Crippen LogP contribution < -0.4 is 10.0 Å². The second-order valence-corrected chi connectivity index (χ2v) is 9.30. The fourth-order valence-electron chi connectivity index (χ4n) is 3.04. The Morgan fingerprint density at radius 1 is 0.800 bits per heavy atom. The van der Waals surface area contributed by atoms with Crippen molar-refractivity contribution < 1.29 is 13.2 Å². The van der Waals surface area contributed by atoms with Crippen LogP contribution in [0.5, 0.6) is 0 Å². The van der Waals surface area contributed by atoms with Gasteiger partial charge in [-0.3, -0.25) is 4.79 Å². The van der Waals surface area contributed by atoms with Gasteiger partial charge in [0, 0.05) is 5.69 Å². The van der Waals surface area contributed by atoms with Crippen LogP contribution in [-0.2, 0) is 14.8 Å². The third-order valence-corrected chi connectivity index (χ3v) is 6.28. The number of rotatable bonds is 7. The first-order chi connectivity index (χ1) is 14.3. The summed E-state index contributed by atoms with van der Waals surface area (Å²) < 4.78 is 28.0. The summed E-state index contributed by atoms with van der Waals surface area (Å²) in [4.78, 5) is 13.0. The van der Waals surface area contributed by atoms with E-state index in [1.54, 1.807) is 26.0 Å². The van der Waals surface area contributed by atoms with E-state index in [9.17, 15) is 13.2 Å². The van der Waals surface area contributed by atoms with E-state index in [0.717, 1.165) is 16.7 Å². The Morgan fingerprint density at radius 3 is 1.93 bits per heavy atom. The Labute approximate surface area is 178 Å². The van der Waals surface area contributed by atoms with E-state index in [1.807, 2.05) is 61.5 Å². The van der Waals surface area contributed by atoms with Crippen LogP contribution in [0.2, 0.25) is 0 Å². The van der Waals surface area contributed by atoms with Crippen molar-refractivity contribution >= 4 is 21.6 Å². The van der Waals surface area contributed by atoms with E-state index in [2.05, 4.69) is 10.0 Å². The topological polar surface area (TPSA) is 75.3 Å². The van der Waals surface area contributed by atoms with Crippen LogP contribution in [0.4, 0.5) is 5.69 Å². The first-order valence-electron chi connectivity index (χ1n) is 9.81. The van der Waals surface area contributed by atoms with Crippen molar-refractivity contribution in [2.75, 3.05) is 5.32 Å². The van der Waals surface area contributed by atoms with E-state index in [1.165, 1.54) is 12.1 Å². The van der Waals surface area contributed by atoms with Crippen molar-refractivity contribution in [1.29, 1.82) is 0 Å². The van der Waals surface area contributed by atoms with Gasteiger partial charge >= 0.3 is 0 Å². The molecule has 0 bridgehead atoms. The van der Waals surface area contributed by atoms with Crippen LogP contribution in [0, 0.1) is 12.8 Å². The lowest BCUT2D eigenvalue weighted by atomic mass is 10.0. The smallest absolute Gasteiger partial charge is 0.242 e. The SMILES string of the molecule is Cc1ccc(S(=O)(=O)N[C@H](C(=O)Nc2ccc(-c3ccccc3)cc2)C(C)C)cc1. The number of carbonyl (C=O) groups is 1. The van der Waals surface area contributed by atoms with E-state index >= 15 is 0 Å². The van der Waals surface area contributed by atoms with Gasteiger partial charge in [-0.2, -0.15) is 4.72 Å². The van der Waals surface area contributed by atoms with Crippen molar-refractivity contribution in [2.45, 2.75) is 31.7 Å². The first-order valence-corrected chi connectivity index (χ1v) is 11.3. The van der Waals surface area contributed by atoms with E-state index in [4.69, 9.17) is 0 Å². The summed E-state index contributed by atoms with van der Waals surface area (Å²) in [5, 5.41) is 2.82. The van der Waals surface area contributed by atoms with Gasteiger partial charge in [0.25, 0.3) is 0 Å². The molecular weight excluding hydrogens is 396 g/mol. The summed E-state index contributed by atoms with van der Waals surface area (Å²) >= 11 is 0. The molecule has 0 aliphatic rings. The Kier molecular flexibility index (Phi) is 6.70. The molecule has 30 heavy (non-hydrogen) atoms. The number of hydrogen-bond acceptors (Lipinski definition) is 3. The van der Waals surface area contributed by atoms with Crippen molar-refractivity contribution in [3.05, 3.63) is 84.4 Å². The number of sulfonamides is 1. The van der Waals surface area contributed by atoms with Crippen molar-refractivity contribution in [1.82, 2.24) is 4.72 Å². The monoisotopic (exact) mass is 422 g/mol. The minimum atomic E-state index is -3.81. The molecule has 0 radical (unpaired) electrons. The molecule has 0 aliphatic heterocycles. The molecule has 1 amide bonds. The summed E-state index contributed by atoms with van der Waals surface area (Å²) in [6, 6.07) is 23.0. The molecule has 0 saturated carbocycles. The minimum absolute atomic E-state index is 0.138. The van der Waals surface area contributed by atoms with Gasteiger partial charge in [0.05, 0.1) is 4.90 Å². The zero-order valence-electron chi connectivity index (χ0n) is 17.3. The molecule has 0 aliphatic carbocycles. The van der Waals surface area contributed by atoms with Gasteiger partial charge < -0.3 is 5.32 Å². The maximum absolute atomic E-state index is 12.8. The molecule has 3 aromatic carbocycles. The third-order valence-electron chi connectivity index (χ3n) is 4.82. The average molecular weight is 423 g/mol. The Bertz CT molecular complexity index is 1090. The van der Waals surface area contributed by atoms with Gasteiger partial charge in [0.1, 0.15) is 6.04 Å². The summed E-state index contributed by atoms with van der Waals surface area (Å²) in [5.74, 6) is -0.623. The van der Waals surface area contributed by atoms with Gasteiger partial charge in [-0.25, -0.2) is 8.42 Å². The standard InChI is InChI=1S/C24H26N2O3S/c1-17(2)23(26-30(28,29)22-15-9-18(3)10-16-22)24(27)25-21-13-11-20(12-14-21)19-7-5-4-6-8-19/h4-17,23,26H,1-3H3,(H,25,27)/t23-/m0/s1. The minimum Gasteiger partial charge on any atom is -0.325 e. The molecule has 0 heterocycles. The van der Waals surface area contributed by atoms with Gasteiger partial charge in [0.2, 0.25) is 15.9 Å². The number of amides is 1. The molecule has 1 atom stereocenters. The lowest BCUT2D eigenvalue weighted by molar-refractivity contribution is -0.118. The van der Waals surface area contributed by atoms with Gasteiger partial charge in [0.15, 0.2) is 0 Å². The fourth-order valence-corrected chi connectivity index (χ4v) is 4.39. The fraction of sp³-hybridized carbons (Fsp3) is 0.208. The third kappa shape index (κ3) is 5.34. The number of anilines is 1. The van der Waals surface area contributed by atoms with Crippen LogP contribution in [0.15, 0.2) is 83.8 Å². The Balaban J connectivity index is 1.73. The highest BCUT2D eigenvalue weighted by Gasteiger charge is 2.28. The molecule has 3 rings (SSSR count). The zero-order chi connectivity index (χ0) is 21.7. The molecule has 5 nitrogen and oxygen atoms in total. The van der Waals surface area contributed by atoms with E-state index < -0.39 is 22.0 Å². The van der Waals surface area contributed by atoms with Gasteiger partial charge in [-0.1, -0.05) is 74.0 Å². The molecule has 156 valence electrons. The highest BCUT2D eigenvalue weighted by molar-refractivity contribution is 7.89. The normalized spacial score (nSPS) is 12.5. The Hall–Kier alpha value is -2.96. The number of nitrogens with one attached hydrogen (secondary N) is 2. The number of aryl methyl sites for hydroxylation is 1. The van der Waals surface area contributed by atoms with Crippen molar-refractivity contribution in [2.24, 2.45) is 5.92 Å².